The first-order valence-corrected chi connectivity index (χ1v) is 6.95. The maximum absolute atomic E-state index is 4.45. The molecule has 5 nitrogen and oxygen atoms in total. The molecule has 0 aliphatic rings. The van der Waals surface area contributed by atoms with Gasteiger partial charge in [0, 0.05) is 17.3 Å². The zero-order valence-corrected chi connectivity index (χ0v) is 12.0. The Balaban J connectivity index is 1.86. The van der Waals surface area contributed by atoms with Crippen LogP contribution in [0.2, 0.25) is 0 Å². The predicted octanol–water partition coefficient (Wildman–Crippen LogP) is 2.65. The van der Waals surface area contributed by atoms with Gasteiger partial charge in [0.25, 0.3) is 0 Å². The van der Waals surface area contributed by atoms with Crippen molar-refractivity contribution in [2.45, 2.75) is 20.4 Å². The van der Waals surface area contributed by atoms with Gasteiger partial charge in [0.1, 0.15) is 0 Å². The van der Waals surface area contributed by atoms with E-state index >= 15 is 0 Å². The number of aromatic nitrogens is 4. The normalized spacial score (nSPS) is 11.1. The molecule has 6 heteroatoms. The van der Waals surface area contributed by atoms with Crippen LogP contribution in [0.4, 0.5) is 5.69 Å². The van der Waals surface area contributed by atoms with E-state index in [9.17, 15) is 0 Å². The number of nitrogens with one attached hydrogen (secondary N) is 1. The van der Waals surface area contributed by atoms with Crippen molar-refractivity contribution in [2.75, 3.05) is 5.32 Å². The van der Waals surface area contributed by atoms with Crippen molar-refractivity contribution >= 4 is 28.1 Å². The number of nitrogens with zero attached hydrogens (tertiary/aromatic N) is 4. The monoisotopic (exact) mass is 273 g/mol. The van der Waals surface area contributed by atoms with Crippen LogP contribution < -0.4 is 5.32 Å². The molecule has 3 rings (SSSR count). The average Bonchev–Trinajstić information content (AvgIpc) is 2.92. The molecule has 0 spiro atoms. The summed E-state index contributed by atoms with van der Waals surface area (Å²) in [6.45, 7) is 4.81. The van der Waals surface area contributed by atoms with Gasteiger partial charge >= 0.3 is 0 Å². The van der Waals surface area contributed by atoms with E-state index in [-0.39, 0.29) is 0 Å². The van der Waals surface area contributed by atoms with E-state index < -0.39 is 0 Å². The minimum absolute atomic E-state index is 0.781. The van der Waals surface area contributed by atoms with Gasteiger partial charge in [-0.25, -0.2) is 9.97 Å². The van der Waals surface area contributed by atoms with E-state index in [1.165, 1.54) is 4.88 Å². The molecule has 0 radical (unpaired) electrons. The van der Waals surface area contributed by atoms with Crippen molar-refractivity contribution in [1.82, 2.24) is 19.7 Å². The fourth-order valence-corrected chi connectivity index (χ4v) is 2.80. The Hall–Kier alpha value is -1.95. The number of aryl methyl sites for hydroxylation is 3. The summed E-state index contributed by atoms with van der Waals surface area (Å²) in [6, 6.07) is 2.10. The number of anilines is 1. The van der Waals surface area contributed by atoms with Crippen LogP contribution in [-0.4, -0.2) is 19.7 Å². The molecule has 3 heterocycles. The van der Waals surface area contributed by atoms with Crippen molar-refractivity contribution in [2.24, 2.45) is 7.05 Å². The standard InChI is InChI=1S/C13H15N5S/c1-8-11-4-10(5-15-13(11)18(3)17-8)14-6-12-9(2)16-7-19-12/h4-5,7,14H,6H2,1-3H3. The molecular weight excluding hydrogens is 258 g/mol. The highest BCUT2D eigenvalue weighted by molar-refractivity contribution is 7.09. The maximum Gasteiger partial charge on any atom is 0.157 e. The molecule has 98 valence electrons. The molecule has 0 saturated carbocycles. The summed E-state index contributed by atoms with van der Waals surface area (Å²) in [6.07, 6.45) is 1.85. The number of fused-ring (bicyclic) bond motifs is 1. The summed E-state index contributed by atoms with van der Waals surface area (Å²) < 4.78 is 1.81. The predicted molar refractivity (Wildman–Crippen MR) is 77.4 cm³/mol. The second-order valence-corrected chi connectivity index (χ2v) is 5.46. The van der Waals surface area contributed by atoms with Gasteiger partial charge in [0.2, 0.25) is 0 Å². The minimum atomic E-state index is 0.781. The van der Waals surface area contributed by atoms with Gasteiger partial charge in [-0.3, -0.25) is 4.68 Å². The quantitative estimate of drug-likeness (QED) is 0.797. The first kappa shape index (κ1) is 12.1. The van der Waals surface area contributed by atoms with Crippen molar-refractivity contribution in [3.05, 3.63) is 34.0 Å². The summed E-state index contributed by atoms with van der Waals surface area (Å²) in [4.78, 5) is 9.95. The lowest BCUT2D eigenvalue weighted by molar-refractivity contribution is 0.774. The third-order valence-corrected chi connectivity index (χ3v) is 4.10. The van der Waals surface area contributed by atoms with Crippen molar-refractivity contribution in [1.29, 1.82) is 0 Å². The average molecular weight is 273 g/mol. The smallest absolute Gasteiger partial charge is 0.157 e. The molecule has 0 saturated heterocycles. The van der Waals surface area contributed by atoms with Crippen molar-refractivity contribution in [3.8, 4) is 0 Å². The Labute approximate surface area is 115 Å². The van der Waals surface area contributed by atoms with Gasteiger partial charge in [-0.1, -0.05) is 0 Å². The fourth-order valence-electron chi connectivity index (χ4n) is 2.08. The molecule has 0 amide bonds. The topological polar surface area (TPSA) is 55.6 Å². The molecular formula is C13H15N5S. The Morgan fingerprint density at radius 1 is 1.26 bits per heavy atom. The summed E-state index contributed by atoms with van der Waals surface area (Å²) in [5, 5.41) is 8.85. The number of hydrogen-bond donors (Lipinski definition) is 1. The Kier molecular flexibility index (Phi) is 2.94. The van der Waals surface area contributed by atoms with Crippen LogP contribution >= 0.6 is 11.3 Å². The van der Waals surface area contributed by atoms with E-state index in [0.717, 1.165) is 34.7 Å². The summed E-state index contributed by atoms with van der Waals surface area (Å²) >= 11 is 1.67. The summed E-state index contributed by atoms with van der Waals surface area (Å²) in [5.74, 6) is 0. The van der Waals surface area contributed by atoms with Crippen LogP contribution in [0.3, 0.4) is 0 Å². The van der Waals surface area contributed by atoms with Gasteiger partial charge in [0.05, 0.1) is 35.3 Å². The first-order chi connectivity index (χ1) is 9.15. The molecule has 0 fully saturated rings. The number of hydrogen-bond acceptors (Lipinski definition) is 5. The zero-order valence-electron chi connectivity index (χ0n) is 11.1. The molecule has 19 heavy (non-hydrogen) atoms. The van der Waals surface area contributed by atoms with Crippen LogP contribution in [0.5, 0.6) is 0 Å². The van der Waals surface area contributed by atoms with Gasteiger partial charge in [-0.05, 0) is 19.9 Å². The Morgan fingerprint density at radius 3 is 2.84 bits per heavy atom. The van der Waals surface area contributed by atoms with Crippen LogP contribution in [0.25, 0.3) is 11.0 Å². The largest absolute Gasteiger partial charge is 0.379 e. The molecule has 1 N–H and O–H groups in total. The molecule has 3 aromatic heterocycles. The third kappa shape index (κ3) is 2.19. The molecule has 0 unspecified atom stereocenters. The minimum Gasteiger partial charge on any atom is -0.379 e. The van der Waals surface area contributed by atoms with Gasteiger partial charge in [0.15, 0.2) is 5.65 Å². The van der Waals surface area contributed by atoms with Crippen molar-refractivity contribution < 1.29 is 0 Å². The van der Waals surface area contributed by atoms with Gasteiger partial charge in [-0.15, -0.1) is 11.3 Å². The molecule has 0 atom stereocenters. The maximum atomic E-state index is 4.45. The molecule has 0 aromatic carbocycles. The summed E-state index contributed by atoms with van der Waals surface area (Å²) in [5.41, 5.74) is 5.89. The van der Waals surface area contributed by atoms with Crippen molar-refractivity contribution in [3.63, 3.8) is 0 Å². The highest BCUT2D eigenvalue weighted by atomic mass is 32.1. The first-order valence-electron chi connectivity index (χ1n) is 6.07. The van der Waals surface area contributed by atoms with E-state index in [0.29, 0.717) is 0 Å². The summed E-state index contributed by atoms with van der Waals surface area (Å²) in [7, 11) is 1.91. The van der Waals surface area contributed by atoms with E-state index in [4.69, 9.17) is 0 Å². The van der Waals surface area contributed by atoms with Crippen LogP contribution in [0, 0.1) is 13.8 Å². The number of rotatable bonds is 3. The van der Waals surface area contributed by atoms with Gasteiger partial charge < -0.3 is 5.32 Å². The molecule has 0 aliphatic carbocycles. The number of pyridine rings is 1. The van der Waals surface area contributed by atoms with Gasteiger partial charge in [-0.2, -0.15) is 5.10 Å². The lowest BCUT2D eigenvalue weighted by atomic mass is 10.2. The van der Waals surface area contributed by atoms with E-state index in [1.807, 2.05) is 37.3 Å². The second-order valence-electron chi connectivity index (χ2n) is 4.52. The fraction of sp³-hybridized carbons (Fsp3) is 0.308. The number of thiazole rings is 1. The van der Waals surface area contributed by atoms with Crippen LogP contribution in [-0.2, 0) is 13.6 Å². The molecule has 0 bridgehead atoms. The highest BCUT2D eigenvalue weighted by Crippen LogP contribution is 2.20. The Bertz CT molecular complexity index is 728. The highest BCUT2D eigenvalue weighted by Gasteiger charge is 2.07. The third-order valence-electron chi connectivity index (χ3n) is 3.16. The molecule has 0 aliphatic heterocycles. The lowest BCUT2D eigenvalue weighted by Gasteiger charge is -2.05. The van der Waals surface area contributed by atoms with Crippen LogP contribution in [0.1, 0.15) is 16.3 Å². The van der Waals surface area contributed by atoms with Crippen LogP contribution in [0.15, 0.2) is 17.8 Å². The van der Waals surface area contributed by atoms with E-state index in [1.54, 1.807) is 11.3 Å². The molecule has 3 aromatic rings. The second kappa shape index (κ2) is 4.62. The van der Waals surface area contributed by atoms with E-state index in [2.05, 4.69) is 26.4 Å². The zero-order chi connectivity index (χ0) is 13.4. The SMILES string of the molecule is Cc1ncsc1CNc1cnc2c(c1)c(C)nn2C. The Morgan fingerprint density at radius 2 is 2.11 bits per heavy atom. The lowest BCUT2D eigenvalue weighted by Crippen LogP contribution is -2.00.